The first-order valence-electron chi connectivity index (χ1n) is 2.71. The average Bonchev–Trinajstić information content (AvgIpc) is 1.63. The van der Waals surface area contributed by atoms with E-state index in [0.717, 1.165) is 0 Å². The summed E-state index contributed by atoms with van der Waals surface area (Å²) >= 11 is 1.22. The SMILES string of the molecule is CC(=O)SC(C)C[C]O. The van der Waals surface area contributed by atoms with Gasteiger partial charge in [0.2, 0.25) is 0 Å². The quantitative estimate of drug-likeness (QED) is 0.655. The maximum Gasteiger partial charge on any atom is 0.186 e. The Morgan fingerprint density at radius 3 is 2.78 bits per heavy atom. The minimum atomic E-state index is 0.0813. The van der Waals surface area contributed by atoms with Gasteiger partial charge in [-0.15, -0.1) is 0 Å². The van der Waals surface area contributed by atoms with Crippen LogP contribution in [0.3, 0.4) is 0 Å². The number of carbonyl (C=O) groups is 1. The molecular weight excluding hydrogens is 136 g/mol. The van der Waals surface area contributed by atoms with E-state index in [1.807, 2.05) is 13.5 Å². The van der Waals surface area contributed by atoms with Gasteiger partial charge in [-0.25, -0.2) is 0 Å². The zero-order chi connectivity index (χ0) is 7.28. The van der Waals surface area contributed by atoms with E-state index in [4.69, 9.17) is 5.11 Å². The molecule has 0 bridgehead atoms. The Balaban J connectivity index is 3.26. The highest BCUT2D eigenvalue weighted by atomic mass is 32.2. The molecule has 1 unspecified atom stereocenters. The van der Waals surface area contributed by atoms with Crippen LogP contribution in [0.15, 0.2) is 0 Å². The monoisotopic (exact) mass is 146 g/mol. The Morgan fingerprint density at radius 2 is 2.44 bits per heavy atom. The average molecular weight is 146 g/mol. The molecule has 0 amide bonds. The molecule has 2 nitrogen and oxygen atoms in total. The predicted octanol–water partition coefficient (Wildman–Crippen LogP) is 1.46. The summed E-state index contributed by atoms with van der Waals surface area (Å²) in [6.45, 7) is 5.38. The summed E-state index contributed by atoms with van der Waals surface area (Å²) in [4.78, 5) is 10.4. The van der Waals surface area contributed by atoms with Gasteiger partial charge in [0, 0.05) is 12.2 Å². The van der Waals surface area contributed by atoms with Crippen molar-refractivity contribution in [2.24, 2.45) is 0 Å². The molecule has 9 heavy (non-hydrogen) atoms. The molecule has 0 fully saturated rings. The standard InChI is InChI=1S/C6H10O2S/c1-5(3-4-7)9-6(2)8/h5,7H,3H2,1-2H3. The summed E-state index contributed by atoms with van der Waals surface area (Å²) in [5.74, 6) is 0. The zero-order valence-corrected chi connectivity index (χ0v) is 6.36. The lowest BCUT2D eigenvalue weighted by atomic mass is 10.3. The van der Waals surface area contributed by atoms with Gasteiger partial charge >= 0.3 is 0 Å². The molecular formula is C6H10O2S. The van der Waals surface area contributed by atoms with Gasteiger partial charge < -0.3 is 5.11 Å². The van der Waals surface area contributed by atoms with Crippen molar-refractivity contribution in [3.8, 4) is 0 Å². The van der Waals surface area contributed by atoms with Crippen molar-refractivity contribution in [1.29, 1.82) is 0 Å². The van der Waals surface area contributed by atoms with Gasteiger partial charge in [0.25, 0.3) is 0 Å². The summed E-state index contributed by atoms with van der Waals surface area (Å²) in [6, 6.07) is 0. The smallest absolute Gasteiger partial charge is 0.186 e. The normalized spacial score (nSPS) is 13.2. The third kappa shape index (κ3) is 5.86. The van der Waals surface area contributed by atoms with Gasteiger partial charge in [0.15, 0.2) is 5.12 Å². The first kappa shape index (κ1) is 8.98. The van der Waals surface area contributed by atoms with Gasteiger partial charge in [-0.2, -0.15) is 0 Å². The zero-order valence-electron chi connectivity index (χ0n) is 5.55. The lowest BCUT2D eigenvalue weighted by Gasteiger charge is -2.03. The van der Waals surface area contributed by atoms with Gasteiger partial charge in [-0.05, 0) is 6.42 Å². The van der Waals surface area contributed by atoms with Crippen molar-refractivity contribution in [2.45, 2.75) is 25.5 Å². The Labute approximate surface area is 59.6 Å². The van der Waals surface area contributed by atoms with Crippen molar-refractivity contribution in [2.75, 3.05) is 0 Å². The molecule has 0 aliphatic heterocycles. The van der Waals surface area contributed by atoms with E-state index in [9.17, 15) is 4.79 Å². The van der Waals surface area contributed by atoms with Crippen LogP contribution in [0.2, 0.25) is 0 Å². The van der Waals surface area contributed by atoms with Crippen LogP contribution in [0.25, 0.3) is 0 Å². The number of aliphatic hydroxyl groups is 1. The van der Waals surface area contributed by atoms with Crippen LogP contribution < -0.4 is 0 Å². The molecule has 52 valence electrons. The summed E-state index contributed by atoms with van der Waals surface area (Å²) < 4.78 is 0. The van der Waals surface area contributed by atoms with Crippen LogP contribution >= 0.6 is 11.8 Å². The molecule has 2 radical (unpaired) electrons. The third-order valence-electron chi connectivity index (χ3n) is 0.746. The second kappa shape index (κ2) is 4.82. The Hall–Kier alpha value is -0.0200. The maximum atomic E-state index is 10.4. The minimum absolute atomic E-state index is 0.0813. The molecule has 0 rings (SSSR count). The Bertz CT molecular complexity index is 93.1. The van der Waals surface area contributed by atoms with Crippen LogP contribution in [-0.2, 0) is 4.79 Å². The fraction of sp³-hybridized carbons (Fsp3) is 0.667. The van der Waals surface area contributed by atoms with Crippen LogP contribution in [-0.4, -0.2) is 15.5 Å². The van der Waals surface area contributed by atoms with Crippen molar-refractivity contribution >= 4 is 16.9 Å². The molecule has 0 spiro atoms. The van der Waals surface area contributed by atoms with Crippen LogP contribution in [0, 0.1) is 6.61 Å². The molecule has 0 aromatic rings. The van der Waals surface area contributed by atoms with E-state index in [-0.39, 0.29) is 10.4 Å². The van der Waals surface area contributed by atoms with Gasteiger partial charge in [0.05, 0.1) is 0 Å². The van der Waals surface area contributed by atoms with E-state index in [0.29, 0.717) is 6.42 Å². The molecule has 1 atom stereocenters. The highest BCUT2D eigenvalue weighted by Crippen LogP contribution is 2.14. The second-order valence-corrected chi connectivity index (χ2v) is 3.40. The van der Waals surface area contributed by atoms with Gasteiger partial charge in [0.1, 0.15) is 6.61 Å². The van der Waals surface area contributed by atoms with Crippen molar-refractivity contribution in [1.82, 2.24) is 0 Å². The molecule has 0 aliphatic carbocycles. The minimum Gasteiger partial charge on any atom is -0.384 e. The van der Waals surface area contributed by atoms with Crippen molar-refractivity contribution in [3.05, 3.63) is 6.61 Å². The summed E-state index contributed by atoms with van der Waals surface area (Å²) in [6.07, 6.45) is 0.449. The van der Waals surface area contributed by atoms with Crippen LogP contribution in [0.1, 0.15) is 20.3 Å². The number of aliphatic hydroxyl groups excluding tert-OH is 1. The first-order valence-corrected chi connectivity index (χ1v) is 3.59. The number of hydrogen-bond donors (Lipinski definition) is 1. The van der Waals surface area contributed by atoms with Gasteiger partial charge in [-0.3, -0.25) is 4.79 Å². The first-order chi connectivity index (χ1) is 4.16. The number of hydrogen-bond acceptors (Lipinski definition) is 3. The molecule has 0 aromatic carbocycles. The van der Waals surface area contributed by atoms with E-state index in [1.54, 1.807) is 0 Å². The largest absolute Gasteiger partial charge is 0.384 e. The maximum absolute atomic E-state index is 10.4. The van der Waals surface area contributed by atoms with Crippen LogP contribution in [0.5, 0.6) is 0 Å². The molecule has 0 saturated carbocycles. The predicted molar refractivity (Wildman–Crippen MR) is 37.5 cm³/mol. The highest BCUT2D eigenvalue weighted by molar-refractivity contribution is 8.14. The van der Waals surface area contributed by atoms with Crippen LogP contribution in [0.4, 0.5) is 0 Å². The number of thioether (sulfide) groups is 1. The molecule has 0 heterocycles. The fourth-order valence-corrected chi connectivity index (χ4v) is 1.18. The topological polar surface area (TPSA) is 37.3 Å². The van der Waals surface area contributed by atoms with E-state index < -0.39 is 0 Å². The van der Waals surface area contributed by atoms with E-state index in [1.165, 1.54) is 18.7 Å². The van der Waals surface area contributed by atoms with E-state index in [2.05, 4.69) is 0 Å². The summed E-state index contributed by atoms with van der Waals surface area (Å²) in [5, 5.41) is 8.40. The lowest BCUT2D eigenvalue weighted by molar-refractivity contribution is -0.109. The van der Waals surface area contributed by atoms with E-state index >= 15 is 0 Å². The number of rotatable bonds is 3. The van der Waals surface area contributed by atoms with Crippen molar-refractivity contribution < 1.29 is 9.90 Å². The molecule has 3 heteroatoms. The second-order valence-electron chi connectivity index (χ2n) is 1.78. The molecule has 0 aliphatic rings. The Kier molecular flexibility index (Phi) is 4.81. The van der Waals surface area contributed by atoms with Gasteiger partial charge in [-0.1, -0.05) is 18.7 Å². The Morgan fingerprint density at radius 1 is 1.89 bits per heavy atom. The van der Waals surface area contributed by atoms with Crippen molar-refractivity contribution in [3.63, 3.8) is 0 Å². The number of carbonyl (C=O) groups excluding carboxylic acids is 1. The summed E-state index contributed by atoms with van der Waals surface area (Å²) in [5.41, 5.74) is 0. The summed E-state index contributed by atoms with van der Waals surface area (Å²) in [7, 11) is 0. The molecule has 0 saturated heterocycles. The molecule has 1 N–H and O–H groups in total. The lowest BCUT2D eigenvalue weighted by Crippen LogP contribution is -1.99. The third-order valence-corrected chi connectivity index (χ3v) is 1.65. The highest BCUT2D eigenvalue weighted by Gasteiger charge is 2.04. The molecule has 0 aromatic heterocycles. The fourth-order valence-electron chi connectivity index (χ4n) is 0.454.